The molecule has 0 aliphatic heterocycles. The second-order valence-corrected chi connectivity index (χ2v) is 5.97. The van der Waals surface area contributed by atoms with E-state index in [0.717, 1.165) is 34.2 Å². The first-order valence-electron chi connectivity index (χ1n) is 7.85. The van der Waals surface area contributed by atoms with Gasteiger partial charge in [-0.1, -0.05) is 6.07 Å². The quantitative estimate of drug-likeness (QED) is 0.696. The molecule has 1 heterocycles. The van der Waals surface area contributed by atoms with Crippen molar-refractivity contribution in [2.24, 2.45) is 0 Å². The van der Waals surface area contributed by atoms with Crippen LogP contribution in [0.5, 0.6) is 0 Å². The van der Waals surface area contributed by atoms with E-state index in [1.807, 2.05) is 26.0 Å². The number of fused-ring (bicyclic) bond motifs is 1. The maximum Gasteiger partial charge on any atom is 0.355 e. The maximum absolute atomic E-state index is 13.5. The SMILES string of the molecule is Cc1cc(C)c2cc(C(=O)OCC(=O)Nc3ccc(F)cc3F)[nH]c2c1. The number of halogens is 2. The van der Waals surface area contributed by atoms with Crippen LogP contribution in [0.4, 0.5) is 14.5 Å². The number of hydrogen-bond acceptors (Lipinski definition) is 3. The molecule has 0 saturated heterocycles. The van der Waals surface area contributed by atoms with Crippen molar-refractivity contribution in [1.29, 1.82) is 0 Å². The van der Waals surface area contributed by atoms with Crippen LogP contribution in [0.1, 0.15) is 21.6 Å². The molecule has 2 aromatic carbocycles. The van der Waals surface area contributed by atoms with Gasteiger partial charge in [0.25, 0.3) is 5.91 Å². The lowest BCUT2D eigenvalue weighted by atomic mass is 10.1. The fraction of sp³-hybridized carbons (Fsp3) is 0.158. The first-order chi connectivity index (χ1) is 12.3. The number of carbonyl (C=O) groups excluding carboxylic acids is 2. The van der Waals surface area contributed by atoms with E-state index in [1.54, 1.807) is 6.07 Å². The van der Waals surface area contributed by atoms with E-state index in [1.165, 1.54) is 0 Å². The smallest absolute Gasteiger partial charge is 0.355 e. The van der Waals surface area contributed by atoms with Crippen LogP contribution in [-0.2, 0) is 9.53 Å². The van der Waals surface area contributed by atoms with Gasteiger partial charge in [-0.05, 0) is 49.2 Å². The second-order valence-electron chi connectivity index (χ2n) is 5.97. The summed E-state index contributed by atoms with van der Waals surface area (Å²) in [5, 5.41) is 3.11. The van der Waals surface area contributed by atoms with E-state index >= 15 is 0 Å². The maximum atomic E-state index is 13.5. The van der Waals surface area contributed by atoms with Gasteiger partial charge >= 0.3 is 5.97 Å². The van der Waals surface area contributed by atoms with E-state index in [2.05, 4.69) is 10.3 Å². The summed E-state index contributed by atoms with van der Waals surface area (Å²) in [6, 6.07) is 8.31. The molecule has 0 unspecified atom stereocenters. The molecule has 0 atom stereocenters. The zero-order chi connectivity index (χ0) is 18.8. The second kappa shape index (κ2) is 6.95. The zero-order valence-electron chi connectivity index (χ0n) is 14.2. The normalized spacial score (nSPS) is 10.8. The number of benzene rings is 2. The molecule has 3 rings (SSSR count). The summed E-state index contributed by atoms with van der Waals surface area (Å²) >= 11 is 0. The highest BCUT2D eigenvalue weighted by Gasteiger charge is 2.15. The van der Waals surface area contributed by atoms with E-state index in [0.29, 0.717) is 6.07 Å². The summed E-state index contributed by atoms with van der Waals surface area (Å²) in [6.07, 6.45) is 0. The van der Waals surface area contributed by atoms with Crippen molar-refractivity contribution in [3.05, 3.63) is 64.9 Å². The minimum absolute atomic E-state index is 0.191. The number of aromatic nitrogens is 1. The molecule has 0 radical (unpaired) electrons. The lowest BCUT2D eigenvalue weighted by Crippen LogP contribution is -2.21. The fourth-order valence-electron chi connectivity index (χ4n) is 2.70. The van der Waals surface area contributed by atoms with Crippen LogP contribution in [0.25, 0.3) is 10.9 Å². The van der Waals surface area contributed by atoms with Crippen LogP contribution in [0.15, 0.2) is 36.4 Å². The molecule has 0 spiro atoms. The number of anilines is 1. The highest BCUT2D eigenvalue weighted by molar-refractivity contribution is 5.98. The van der Waals surface area contributed by atoms with Gasteiger partial charge in [0.1, 0.15) is 17.3 Å². The van der Waals surface area contributed by atoms with Gasteiger partial charge in [0.15, 0.2) is 6.61 Å². The Hall–Kier alpha value is -3.22. The van der Waals surface area contributed by atoms with Crippen LogP contribution in [0.2, 0.25) is 0 Å². The summed E-state index contributed by atoms with van der Waals surface area (Å²) in [5.74, 6) is -3.10. The molecule has 134 valence electrons. The Kier molecular flexibility index (Phi) is 4.71. The predicted octanol–water partition coefficient (Wildman–Crippen LogP) is 3.86. The molecule has 0 saturated carbocycles. The van der Waals surface area contributed by atoms with Crippen LogP contribution >= 0.6 is 0 Å². The van der Waals surface area contributed by atoms with E-state index < -0.39 is 30.1 Å². The molecule has 3 aromatic rings. The monoisotopic (exact) mass is 358 g/mol. The van der Waals surface area contributed by atoms with Crippen molar-refractivity contribution in [1.82, 2.24) is 4.98 Å². The Morgan fingerprint density at radius 2 is 1.88 bits per heavy atom. The van der Waals surface area contributed by atoms with Crippen LogP contribution in [0.3, 0.4) is 0 Å². The Bertz CT molecular complexity index is 1010. The van der Waals surface area contributed by atoms with Crippen molar-refractivity contribution in [2.45, 2.75) is 13.8 Å². The van der Waals surface area contributed by atoms with Crippen LogP contribution in [0, 0.1) is 25.5 Å². The van der Waals surface area contributed by atoms with Gasteiger partial charge in [-0.15, -0.1) is 0 Å². The van der Waals surface area contributed by atoms with Gasteiger partial charge < -0.3 is 15.0 Å². The number of hydrogen-bond donors (Lipinski definition) is 2. The topological polar surface area (TPSA) is 71.2 Å². The minimum Gasteiger partial charge on any atom is -0.451 e. The Morgan fingerprint density at radius 1 is 1.12 bits per heavy atom. The average Bonchev–Trinajstić information content (AvgIpc) is 2.99. The summed E-state index contributed by atoms with van der Waals surface area (Å²) in [4.78, 5) is 26.9. The third kappa shape index (κ3) is 3.72. The molecule has 0 fully saturated rings. The first kappa shape index (κ1) is 17.6. The third-order valence-corrected chi connectivity index (χ3v) is 3.85. The van der Waals surface area contributed by atoms with Gasteiger partial charge in [-0.25, -0.2) is 13.6 Å². The van der Waals surface area contributed by atoms with Gasteiger partial charge in [-0.3, -0.25) is 4.79 Å². The fourth-order valence-corrected chi connectivity index (χ4v) is 2.70. The molecule has 0 aliphatic rings. The molecular formula is C19H16F2N2O3. The van der Waals surface area contributed by atoms with Gasteiger partial charge in [-0.2, -0.15) is 0 Å². The number of H-pyrrole nitrogens is 1. The molecule has 5 nitrogen and oxygen atoms in total. The van der Waals surface area contributed by atoms with Crippen molar-refractivity contribution < 1.29 is 23.1 Å². The lowest BCUT2D eigenvalue weighted by molar-refractivity contribution is -0.119. The van der Waals surface area contributed by atoms with Crippen molar-refractivity contribution in [2.75, 3.05) is 11.9 Å². The minimum atomic E-state index is -0.911. The molecule has 0 bridgehead atoms. The van der Waals surface area contributed by atoms with E-state index in [9.17, 15) is 18.4 Å². The summed E-state index contributed by atoms with van der Waals surface area (Å²) in [6.45, 7) is 3.29. The van der Waals surface area contributed by atoms with Gasteiger partial charge in [0, 0.05) is 17.0 Å². The molecule has 26 heavy (non-hydrogen) atoms. The van der Waals surface area contributed by atoms with Crippen LogP contribution in [-0.4, -0.2) is 23.5 Å². The molecular weight excluding hydrogens is 342 g/mol. The molecule has 1 amide bonds. The molecule has 7 heteroatoms. The highest BCUT2D eigenvalue weighted by atomic mass is 19.1. The van der Waals surface area contributed by atoms with Gasteiger partial charge in [0.2, 0.25) is 0 Å². The largest absolute Gasteiger partial charge is 0.451 e. The highest BCUT2D eigenvalue weighted by Crippen LogP contribution is 2.22. The van der Waals surface area contributed by atoms with Crippen LogP contribution < -0.4 is 5.32 Å². The molecule has 1 aromatic heterocycles. The Balaban J connectivity index is 1.65. The third-order valence-electron chi connectivity index (χ3n) is 3.85. The Morgan fingerprint density at radius 3 is 2.62 bits per heavy atom. The number of esters is 1. The predicted molar refractivity (Wildman–Crippen MR) is 93.0 cm³/mol. The van der Waals surface area contributed by atoms with Crippen molar-refractivity contribution >= 4 is 28.5 Å². The number of amides is 1. The Labute approximate surface area is 148 Å². The number of aromatic amines is 1. The standard InChI is InChI=1S/C19H16F2N2O3/c1-10-5-11(2)13-8-17(22-16(13)6-10)19(25)26-9-18(24)23-15-4-3-12(20)7-14(15)21/h3-8,22H,9H2,1-2H3,(H,23,24). The zero-order valence-corrected chi connectivity index (χ0v) is 14.2. The number of carbonyl (C=O) groups is 2. The van der Waals surface area contributed by atoms with Gasteiger partial charge in [0.05, 0.1) is 5.69 Å². The summed E-state index contributed by atoms with van der Waals surface area (Å²) in [5.41, 5.74) is 2.89. The summed E-state index contributed by atoms with van der Waals surface area (Å²) in [7, 11) is 0. The van der Waals surface area contributed by atoms with Crippen molar-refractivity contribution in [3.8, 4) is 0 Å². The average molecular weight is 358 g/mol. The lowest BCUT2D eigenvalue weighted by Gasteiger charge is -2.07. The molecule has 2 N–H and O–H groups in total. The number of nitrogens with one attached hydrogen (secondary N) is 2. The number of aryl methyl sites for hydroxylation is 2. The number of rotatable bonds is 4. The first-order valence-corrected chi connectivity index (χ1v) is 7.85. The summed E-state index contributed by atoms with van der Waals surface area (Å²) < 4.78 is 31.3. The van der Waals surface area contributed by atoms with E-state index in [4.69, 9.17) is 4.74 Å². The van der Waals surface area contributed by atoms with E-state index in [-0.39, 0.29) is 11.4 Å². The number of ether oxygens (including phenoxy) is 1. The molecule has 0 aliphatic carbocycles. The van der Waals surface area contributed by atoms with Crippen molar-refractivity contribution in [3.63, 3.8) is 0 Å².